The van der Waals surface area contributed by atoms with Crippen LogP contribution in [0.3, 0.4) is 0 Å². The Morgan fingerprint density at radius 1 is 0.558 bits per heavy atom. The fourth-order valence-electron chi connectivity index (χ4n) is 6.25. The first-order chi connectivity index (χ1) is 21.3. The Morgan fingerprint density at radius 2 is 1.28 bits per heavy atom. The third kappa shape index (κ3) is 4.68. The predicted molar refractivity (Wildman–Crippen MR) is 177 cm³/mol. The third-order valence-electron chi connectivity index (χ3n) is 8.37. The fraction of sp³-hybridized carbons (Fsp3) is 0.0513. The number of para-hydroxylation sites is 2. The van der Waals surface area contributed by atoms with Gasteiger partial charge in [0.15, 0.2) is 0 Å². The van der Waals surface area contributed by atoms with Crippen molar-refractivity contribution in [3.63, 3.8) is 0 Å². The maximum Gasteiger partial charge on any atom is 0.104 e. The van der Waals surface area contributed by atoms with Gasteiger partial charge >= 0.3 is 0 Å². The molecule has 0 spiro atoms. The number of hydrogen-bond acceptors (Lipinski definition) is 3. The lowest BCUT2D eigenvalue weighted by atomic mass is 9.96. The van der Waals surface area contributed by atoms with Crippen LogP contribution in [0.1, 0.15) is 28.9 Å². The normalized spacial score (nSPS) is 16.6. The van der Waals surface area contributed by atoms with Crippen LogP contribution in [0.15, 0.2) is 158 Å². The molecule has 2 unspecified atom stereocenters. The molecular formula is C39H30N4. The van der Waals surface area contributed by atoms with Gasteiger partial charge in [0.25, 0.3) is 0 Å². The van der Waals surface area contributed by atoms with Crippen LogP contribution in [0.2, 0.25) is 0 Å². The molecule has 2 N–H and O–H groups in total. The van der Waals surface area contributed by atoms with E-state index in [1.165, 1.54) is 38.6 Å². The second-order valence-corrected chi connectivity index (χ2v) is 11.0. The number of hydrogen-bond donors (Lipinski definition) is 2. The zero-order valence-corrected chi connectivity index (χ0v) is 23.6. The molecule has 0 fully saturated rings. The molecule has 206 valence electrons. The second kappa shape index (κ2) is 10.8. The Kier molecular flexibility index (Phi) is 6.32. The van der Waals surface area contributed by atoms with E-state index in [2.05, 4.69) is 160 Å². The number of fused-ring (bicyclic) bond motifs is 3. The average Bonchev–Trinajstić information content (AvgIpc) is 3.43. The molecule has 3 heterocycles. The van der Waals surface area contributed by atoms with E-state index in [1.54, 1.807) is 0 Å². The third-order valence-corrected chi connectivity index (χ3v) is 8.37. The van der Waals surface area contributed by atoms with Crippen LogP contribution >= 0.6 is 0 Å². The van der Waals surface area contributed by atoms with E-state index in [0.29, 0.717) is 0 Å². The van der Waals surface area contributed by atoms with E-state index in [4.69, 9.17) is 0 Å². The van der Waals surface area contributed by atoms with Gasteiger partial charge in [-0.3, -0.25) is 10.3 Å². The molecular weight excluding hydrogens is 524 g/mol. The molecule has 2 aromatic heterocycles. The van der Waals surface area contributed by atoms with Gasteiger partial charge in [-0.25, -0.2) is 0 Å². The van der Waals surface area contributed by atoms with Crippen LogP contribution in [0, 0.1) is 0 Å². The first-order valence-corrected chi connectivity index (χ1v) is 14.7. The van der Waals surface area contributed by atoms with E-state index < -0.39 is 0 Å². The van der Waals surface area contributed by atoms with Crippen molar-refractivity contribution < 1.29 is 0 Å². The number of pyridine rings is 1. The summed E-state index contributed by atoms with van der Waals surface area (Å²) in [6, 6.07) is 49.6. The van der Waals surface area contributed by atoms with Gasteiger partial charge in [0.1, 0.15) is 6.17 Å². The standard InChI is InChI=1S/C39H30N4/c1-3-10-29(11-4-1)39-41-35(28-19-17-27(18-20-28)31-12-9-23-40-26-31)25-36(42-39)30-21-22-38-34(24-30)33-15-7-8-16-37(33)43(38)32-13-5-2-6-14-32/h1-26,36,39,41-42H. The quantitative estimate of drug-likeness (QED) is 0.223. The van der Waals surface area contributed by atoms with Crippen molar-refractivity contribution in [2.24, 2.45) is 0 Å². The maximum absolute atomic E-state index is 4.29. The van der Waals surface area contributed by atoms with Gasteiger partial charge in [-0.05, 0) is 70.3 Å². The van der Waals surface area contributed by atoms with Gasteiger partial charge in [-0.1, -0.05) is 103 Å². The Morgan fingerprint density at radius 3 is 2.07 bits per heavy atom. The molecule has 43 heavy (non-hydrogen) atoms. The summed E-state index contributed by atoms with van der Waals surface area (Å²) < 4.78 is 2.36. The van der Waals surface area contributed by atoms with Crippen molar-refractivity contribution in [1.29, 1.82) is 0 Å². The maximum atomic E-state index is 4.29. The van der Waals surface area contributed by atoms with E-state index in [-0.39, 0.29) is 12.2 Å². The molecule has 0 bridgehead atoms. The lowest BCUT2D eigenvalue weighted by Crippen LogP contribution is -2.39. The average molecular weight is 555 g/mol. The zero-order valence-electron chi connectivity index (χ0n) is 23.6. The Balaban J connectivity index is 1.23. The van der Waals surface area contributed by atoms with Gasteiger partial charge in [-0.2, -0.15) is 0 Å². The summed E-state index contributed by atoms with van der Waals surface area (Å²) in [4.78, 5) is 4.29. The van der Waals surface area contributed by atoms with Gasteiger partial charge in [-0.15, -0.1) is 0 Å². The van der Waals surface area contributed by atoms with E-state index >= 15 is 0 Å². The predicted octanol–water partition coefficient (Wildman–Crippen LogP) is 8.82. The highest BCUT2D eigenvalue weighted by Gasteiger charge is 2.25. The number of rotatable bonds is 5. The zero-order chi connectivity index (χ0) is 28.6. The van der Waals surface area contributed by atoms with Crippen LogP contribution in [0.5, 0.6) is 0 Å². The molecule has 0 amide bonds. The van der Waals surface area contributed by atoms with Gasteiger partial charge < -0.3 is 9.88 Å². The SMILES string of the molecule is C1=C(c2ccc(-c3cccnc3)cc2)NC(c2ccccc2)NC1c1ccc2c(c1)c1ccccc1n2-c1ccccc1. The molecule has 7 aromatic rings. The summed E-state index contributed by atoms with van der Waals surface area (Å²) in [5.41, 5.74) is 10.6. The fourth-order valence-corrected chi connectivity index (χ4v) is 6.25. The molecule has 5 aromatic carbocycles. The van der Waals surface area contributed by atoms with E-state index in [9.17, 15) is 0 Å². The lowest BCUT2D eigenvalue weighted by Gasteiger charge is -2.33. The summed E-state index contributed by atoms with van der Waals surface area (Å²) in [6.07, 6.45) is 5.99. The minimum absolute atomic E-state index is 0.0164. The highest BCUT2D eigenvalue weighted by Crippen LogP contribution is 2.36. The van der Waals surface area contributed by atoms with Gasteiger partial charge in [0.2, 0.25) is 0 Å². The minimum Gasteiger partial charge on any atom is -0.366 e. The molecule has 1 aliphatic heterocycles. The molecule has 4 heteroatoms. The molecule has 0 aliphatic carbocycles. The van der Waals surface area contributed by atoms with E-state index in [1.807, 2.05) is 18.5 Å². The molecule has 0 radical (unpaired) electrons. The highest BCUT2D eigenvalue weighted by atomic mass is 15.2. The van der Waals surface area contributed by atoms with E-state index in [0.717, 1.165) is 22.4 Å². The van der Waals surface area contributed by atoms with Crippen LogP contribution < -0.4 is 10.6 Å². The van der Waals surface area contributed by atoms with Crippen molar-refractivity contribution in [3.05, 3.63) is 175 Å². The van der Waals surface area contributed by atoms with Gasteiger partial charge in [0, 0.05) is 34.6 Å². The van der Waals surface area contributed by atoms with Crippen molar-refractivity contribution in [2.75, 3.05) is 0 Å². The summed E-state index contributed by atoms with van der Waals surface area (Å²) in [6.45, 7) is 0. The second-order valence-electron chi connectivity index (χ2n) is 11.0. The first-order valence-electron chi connectivity index (χ1n) is 14.7. The first kappa shape index (κ1) is 25.3. The summed E-state index contributed by atoms with van der Waals surface area (Å²) in [5.74, 6) is 0. The Bertz CT molecular complexity index is 2060. The molecule has 2 atom stereocenters. The molecule has 1 aliphatic rings. The summed E-state index contributed by atoms with van der Waals surface area (Å²) in [5, 5.41) is 10.2. The molecule has 8 rings (SSSR count). The minimum atomic E-state index is -0.0365. The Hall–Kier alpha value is -5.45. The van der Waals surface area contributed by atoms with Crippen molar-refractivity contribution in [1.82, 2.24) is 20.2 Å². The molecule has 0 saturated heterocycles. The Labute approximate surface area is 251 Å². The van der Waals surface area contributed by atoms with Crippen LogP contribution in [0.4, 0.5) is 0 Å². The van der Waals surface area contributed by atoms with Crippen LogP contribution in [-0.4, -0.2) is 9.55 Å². The number of nitrogens with one attached hydrogen (secondary N) is 2. The number of aromatic nitrogens is 2. The smallest absolute Gasteiger partial charge is 0.104 e. The summed E-state index contributed by atoms with van der Waals surface area (Å²) >= 11 is 0. The largest absolute Gasteiger partial charge is 0.366 e. The van der Waals surface area contributed by atoms with Crippen molar-refractivity contribution in [3.8, 4) is 16.8 Å². The van der Waals surface area contributed by atoms with Crippen LogP contribution in [-0.2, 0) is 0 Å². The number of nitrogens with zero attached hydrogens (tertiary/aromatic N) is 2. The molecule has 0 saturated carbocycles. The monoisotopic (exact) mass is 554 g/mol. The number of benzene rings is 5. The van der Waals surface area contributed by atoms with Crippen molar-refractivity contribution in [2.45, 2.75) is 12.2 Å². The van der Waals surface area contributed by atoms with Crippen LogP contribution in [0.25, 0.3) is 44.3 Å². The topological polar surface area (TPSA) is 41.9 Å². The molecule has 4 nitrogen and oxygen atoms in total. The lowest BCUT2D eigenvalue weighted by molar-refractivity contribution is 0.443. The van der Waals surface area contributed by atoms with Crippen molar-refractivity contribution >= 4 is 27.5 Å². The highest BCUT2D eigenvalue weighted by molar-refractivity contribution is 6.09. The summed E-state index contributed by atoms with van der Waals surface area (Å²) in [7, 11) is 0. The van der Waals surface area contributed by atoms with Gasteiger partial charge in [0.05, 0.1) is 17.1 Å².